The first kappa shape index (κ1) is 28.1. The third-order valence-electron chi connectivity index (χ3n) is 6.87. The lowest BCUT2D eigenvalue weighted by molar-refractivity contribution is -0.128. The minimum Gasteiger partial charge on any atom is -0.494 e. The molecule has 4 rings (SSSR count). The normalized spacial score (nSPS) is 18.2. The van der Waals surface area contributed by atoms with Gasteiger partial charge in [0.1, 0.15) is 5.75 Å². The molecule has 0 spiro atoms. The lowest BCUT2D eigenvalue weighted by Crippen LogP contribution is -2.48. The van der Waals surface area contributed by atoms with E-state index in [0.717, 1.165) is 41.5 Å². The Morgan fingerprint density at radius 2 is 1.69 bits per heavy atom. The number of carbonyl (C=O) groups excluding carboxylic acids is 1. The number of nitrogens with one attached hydrogen (secondary N) is 1. The van der Waals surface area contributed by atoms with Crippen LogP contribution in [0.1, 0.15) is 56.3 Å². The van der Waals surface area contributed by atoms with Crippen molar-refractivity contribution < 1.29 is 19.4 Å². The molecule has 0 saturated heterocycles. The molecule has 0 aliphatic carbocycles. The maximum atomic E-state index is 13.8. The number of aliphatic hydroxyl groups is 1. The molecule has 204 valence electrons. The van der Waals surface area contributed by atoms with E-state index in [0.29, 0.717) is 37.6 Å². The second kappa shape index (κ2) is 13.8. The van der Waals surface area contributed by atoms with Gasteiger partial charge in [-0.3, -0.25) is 4.79 Å². The van der Waals surface area contributed by atoms with E-state index in [1.807, 2.05) is 54.6 Å². The van der Waals surface area contributed by atoms with Crippen molar-refractivity contribution in [3.63, 3.8) is 0 Å². The maximum absolute atomic E-state index is 13.8. The highest BCUT2D eigenvalue weighted by atomic mass is 16.5. The van der Waals surface area contributed by atoms with Crippen LogP contribution in [-0.2, 0) is 9.53 Å². The summed E-state index contributed by atoms with van der Waals surface area (Å²) < 4.78 is 12.2. The third-order valence-corrected chi connectivity index (χ3v) is 6.87. The standard InChI is InChI=1S/C33H38N2O4/c1-3-5-9-22-34-32(37)33(21-4-2)30(27-15-13-26(14-16-27)25-11-7-6-8-12-25)39-31(35-33)28-17-19-29(20-18-28)38-24-10-23-36/h4,6-8,11-20,30,36H,2-3,5,9-10,21-24H2,1H3,(H,34,37)/t30-,33-/m1/s1. The number of carbonyl (C=O) groups is 1. The van der Waals surface area contributed by atoms with E-state index in [-0.39, 0.29) is 12.5 Å². The van der Waals surface area contributed by atoms with E-state index in [1.54, 1.807) is 6.08 Å². The fraction of sp³-hybridized carbons (Fsp3) is 0.333. The lowest BCUT2D eigenvalue weighted by atomic mass is 9.84. The molecule has 6 heteroatoms. The molecule has 1 aliphatic rings. The number of benzene rings is 3. The van der Waals surface area contributed by atoms with Crippen LogP contribution in [0.3, 0.4) is 0 Å². The fourth-order valence-electron chi connectivity index (χ4n) is 4.75. The molecular weight excluding hydrogens is 488 g/mol. The Balaban J connectivity index is 1.65. The summed E-state index contributed by atoms with van der Waals surface area (Å²) in [6.45, 7) is 7.21. The van der Waals surface area contributed by atoms with Crippen LogP contribution in [0.4, 0.5) is 0 Å². The zero-order valence-electron chi connectivity index (χ0n) is 22.6. The van der Waals surface area contributed by atoms with E-state index in [2.05, 4.69) is 43.1 Å². The van der Waals surface area contributed by atoms with Gasteiger partial charge in [0.2, 0.25) is 5.90 Å². The van der Waals surface area contributed by atoms with Crippen LogP contribution in [-0.4, -0.2) is 42.2 Å². The topological polar surface area (TPSA) is 80.2 Å². The van der Waals surface area contributed by atoms with Crippen molar-refractivity contribution in [1.29, 1.82) is 0 Å². The zero-order chi connectivity index (χ0) is 27.5. The zero-order valence-corrected chi connectivity index (χ0v) is 22.6. The predicted octanol–water partition coefficient (Wildman–Crippen LogP) is 6.25. The number of aliphatic imine (C=N–C) groups is 1. The Morgan fingerprint density at radius 1 is 1.00 bits per heavy atom. The van der Waals surface area contributed by atoms with Crippen molar-refractivity contribution in [3.8, 4) is 16.9 Å². The fourth-order valence-corrected chi connectivity index (χ4v) is 4.75. The van der Waals surface area contributed by atoms with Crippen LogP contribution in [0, 0.1) is 0 Å². The largest absolute Gasteiger partial charge is 0.494 e. The molecule has 1 heterocycles. The van der Waals surface area contributed by atoms with Gasteiger partial charge in [-0.05, 0) is 47.4 Å². The molecule has 3 aromatic rings. The second-order valence-electron chi connectivity index (χ2n) is 9.73. The highest BCUT2D eigenvalue weighted by molar-refractivity contribution is 6.01. The summed E-state index contributed by atoms with van der Waals surface area (Å²) in [5.41, 5.74) is 2.69. The Morgan fingerprint density at radius 3 is 2.36 bits per heavy atom. The van der Waals surface area contributed by atoms with Gasteiger partial charge in [-0.15, -0.1) is 6.58 Å². The van der Waals surface area contributed by atoms with Gasteiger partial charge in [-0.25, -0.2) is 4.99 Å². The van der Waals surface area contributed by atoms with Crippen molar-refractivity contribution in [2.75, 3.05) is 19.8 Å². The second-order valence-corrected chi connectivity index (χ2v) is 9.73. The number of ether oxygens (including phenoxy) is 2. The molecule has 0 radical (unpaired) electrons. The number of amides is 1. The molecule has 0 bridgehead atoms. The van der Waals surface area contributed by atoms with Crippen LogP contribution >= 0.6 is 0 Å². The summed E-state index contributed by atoms with van der Waals surface area (Å²) in [7, 11) is 0. The van der Waals surface area contributed by atoms with Gasteiger partial charge in [0.05, 0.1) is 6.61 Å². The summed E-state index contributed by atoms with van der Waals surface area (Å²) >= 11 is 0. The van der Waals surface area contributed by atoms with Crippen molar-refractivity contribution in [2.45, 2.75) is 50.7 Å². The molecule has 2 N–H and O–H groups in total. The Bertz CT molecular complexity index is 1240. The summed E-state index contributed by atoms with van der Waals surface area (Å²) in [6.07, 6.45) is 5.08. The number of nitrogens with zero attached hydrogens (tertiary/aromatic N) is 1. The van der Waals surface area contributed by atoms with Crippen LogP contribution in [0.25, 0.3) is 11.1 Å². The van der Waals surface area contributed by atoms with Crippen molar-refractivity contribution in [2.24, 2.45) is 4.99 Å². The van der Waals surface area contributed by atoms with Gasteiger partial charge in [-0.2, -0.15) is 0 Å². The van der Waals surface area contributed by atoms with Crippen LogP contribution in [0.15, 0.2) is 96.5 Å². The van der Waals surface area contributed by atoms with Crippen molar-refractivity contribution >= 4 is 11.8 Å². The molecule has 0 fully saturated rings. The molecule has 0 unspecified atom stereocenters. The Hall–Kier alpha value is -3.90. The van der Waals surface area contributed by atoms with Gasteiger partial charge in [0.15, 0.2) is 11.6 Å². The molecule has 2 atom stereocenters. The lowest BCUT2D eigenvalue weighted by Gasteiger charge is -2.29. The van der Waals surface area contributed by atoms with E-state index in [1.165, 1.54) is 0 Å². The summed E-state index contributed by atoms with van der Waals surface area (Å²) in [4.78, 5) is 18.7. The molecule has 0 aromatic heterocycles. The highest BCUT2D eigenvalue weighted by Crippen LogP contribution is 2.43. The van der Waals surface area contributed by atoms with E-state index < -0.39 is 11.6 Å². The van der Waals surface area contributed by atoms with Gasteiger partial charge < -0.3 is 19.9 Å². The number of aliphatic hydroxyl groups excluding tert-OH is 1. The minimum absolute atomic E-state index is 0.0857. The Kier molecular flexibility index (Phi) is 9.92. The first-order chi connectivity index (χ1) is 19.1. The van der Waals surface area contributed by atoms with E-state index in [9.17, 15) is 4.79 Å². The molecule has 3 aromatic carbocycles. The van der Waals surface area contributed by atoms with Crippen molar-refractivity contribution in [1.82, 2.24) is 5.32 Å². The van der Waals surface area contributed by atoms with Gasteiger partial charge in [0.25, 0.3) is 5.91 Å². The summed E-state index contributed by atoms with van der Waals surface area (Å²) in [6, 6.07) is 25.8. The summed E-state index contributed by atoms with van der Waals surface area (Å²) in [5.74, 6) is 0.957. The van der Waals surface area contributed by atoms with Crippen LogP contribution in [0.5, 0.6) is 5.75 Å². The van der Waals surface area contributed by atoms with Crippen LogP contribution in [0.2, 0.25) is 0 Å². The first-order valence-electron chi connectivity index (χ1n) is 13.8. The number of unbranched alkanes of at least 4 members (excludes halogenated alkanes) is 2. The van der Waals surface area contributed by atoms with E-state index in [4.69, 9.17) is 19.6 Å². The number of hydrogen-bond acceptors (Lipinski definition) is 5. The molecule has 1 amide bonds. The number of hydrogen-bond donors (Lipinski definition) is 2. The molecular formula is C33H38N2O4. The van der Waals surface area contributed by atoms with Crippen LogP contribution < -0.4 is 10.1 Å². The quantitative estimate of drug-likeness (QED) is 0.192. The molecule has 0 saturated carbocycles. The minimum atomic E-state index is -1.17. The third kappa shape index (κ3) is 6.76. The average molecular weight is 527 g/mol. The Labute approximate surface area is 231 Å². The van der Waals surface area contributed by atoms with Gasteiger partial charge in [-0.1, -0.05) is 80.4 Å². The van der Waals surface area contributed by atoms with Crippen molar-refractivity contribution in [3.05, 3.63) is 103 Å². The SMILES string of the molecule is C=CC[C@@]1(C(=O)NCCCCC)N=C(c2ccc(OCCCO)cc2)O[C@@H]1c1ccc(-c2ccccc2)cc1. The molecule has 6 nitrogen and oxygen atoms in total. The summed E-state index contributed by atoms with van der Waals surface area (Å²) in [5, 5.41) is 12.1. The maximum Gasteiger partial charge on any atom is 0.252 e. The molecule has 1 aliphatic heterocycles. The monoisotopic (exact) mass is 526 g/mol. The van der Waals surface area contributed by atoms with E-state index >= 15 is 0 Å². The average Bonchev–Trinajstić information content (AvgIpc) is 3.37. The first-order valence-corrected chi connectivity index (χ1v) is 13.8. The highest BCUT2D eigenvalue weighted by Gasteiger charge is 2.52. The number of rotatable bonds is 14. The molecule has 39 heavy (non-hydrogen) atoms. The smallest absolute Gasteiger partial charge is 0.252 e. The van der Waals surface area contributed by atoms with Gasteiger partial charge in [0, 0.05) is 31.6 Å². The van der Waals surface area contributed by atoms with Gasteiger partial charge >= 0.3 is 0 Å². The predicted molar refractivity (Wildman–Crippen MR) is 156 cm³/mol.